The van der Waals surface area contributed by atoms with E-state index in [4.69, 9.17) is 0 Å². The molecule has 0 bridgehead atoms. The van der Waals surface area contributed by atoms with Crippen LogP contribution in [0.5, 0.6) is 0 Å². The summed E-state index contributed by atoms with van der Waals surface area (Å²) in [5.74, 6) is 0.678. The van der Waals surface area contributed by atoms with Crippen LogP contribution in [0.25, 0.3) is 0 Å². The first-order valence-corrected chi connectivity index (χ1v) is 10.1. The lowest BCUT2D eigenvalue weighted by molar-refractivity contribution is 0.101. The number of carbonyl (C=O) groups excluding carboxylic acids is 1. The maximum absolute atomic E-state index is 12.9. The van der Waals surface area contributed by atoms with Crippen LogP contribution in [0.3, 0.4) is 0 Å². The number of carbonyl (C=O) groups is 1. The van der Waals surface area contributed by atoms with E-state index in [1.165, 1.54) is 0 Å². The summed E-state index contributed by atoms with van der Waals surface area (Å²) in [6.45, 7) is 11.0. The second kappa shape index (κ2) is 7.91. The van der Waals surface area contributed by atoms with Crippen molar-refractivity contribution in [3.63, 3.8) is 0 Å². The Hall–Kier alpha value is -2.41. The second-order valence-electron chi connectivity index (χ2n) is 8.15. The summed E-state index contributed by atoms with van der Waals surface area (Å²) in [5, 5.41) is 11.9. The summed E-state index contributed by atoms with van der Waals surface area (Å²) in [5.41, 5.74) is 2.35. The molecule has 0 aliphatic rings. The van der Waals surface area contributed by atoms with Crippen molar-refractivity contribution in [3.05, 3.63) is 64.0 Å². The Morgan fingerprint density at radius 1 is 1.21 bits per heavy atom. The summed E-state index contributed by atoms with van der Waals surface area (Å²) in [4.78, 5) is 12.9. The van der Waals surface area contributed by atoms with E-state index in [9.17, 15) is 4.79 Å². The first kappa shape index (κ1) is 20.3. The van der Waals surface area contributed by atoms with E-state index in [-0.39, 0.29) is 17.4 Å². The molecule has 0 radical (unpaired) electrons. The lowest BCUT2D eigenvalue weighted by Crippen LogP contribution is -2.26. The fourth-order valence-electron chi connectivity index (χ4n) is 3.01. The largest absolute Gasteiger partial charge is 0.305 e. The maximum Gasteiger partial charge on any atom is 0.277 e. The fraction of sp³-hybridized carbons (Fsp3) is 0.381. The van der Waals surface area contributed by atoms with Gasteiger partial charge in [-0.25, -0.2) is 4.68 Å². The Morgan fingerprint density at radius 2 is 1.96 bits per heavy atom. The molecule has 2 aromatic heterocycles. The van der Waals surface area contributed by atoms with Gasteiger partial charge in [0.25, 0.3) is 5.91 Å². The van der Waals surface area contributed by atoms with Gasteiger partial charge >= 0.3 is 0 Å². The molecule has 0 fully saturated rings. The van der Waals surface area contributed by atoms with E-state index in [0.717, 1.165) is 15.7 Å². The molecule has 0 aliphatic heterocycles. The number of halogens is 1. The number of hydrogen-bond donors (Lipinski definition) is 1. The number of aromatic nitrogens is 4. The minimum atomic E-state index is -0.235. The van der Waals surface area contributed by atoms with Gasteiger partial charge in [0.1, 0.15) is 5.82 Å². The quantitative estimate of drug-likeness (QED) is 0.601. The minimum absolute atomic E-state index is 0.194. The molecule has 148 valence electrons. The molecule has 3 aromatic rings. The summed E-state index contributed by atoms with van der Waals surface area (Å²) < 4.78 is 4.71. The summed E-state index contributed by atoms with van der Waals surface area (Å²) in [7, 11) is 0. The van der Waals surface area contributed by atoms with Crippen molar-refractivity contribution >= 4 is 27.7 Å². The van der Waals surface area contributed by atoms with E-state index in [1.807, 2.05) is 35.0 Å². The van der Waals surface area contributed by atoms with Crippen molar-refractivity contribution in [2.75, 3.05) is 5.32 Å². The molecule has 0 saturated heterocycles. The summed E-state index contributed by atoms with van der Waals surface area (Å²) >= 11 is 3.48. The molecule has 3 rings (SSSR count). The van der Waals surface area contributed by atoms with E-state index in [2.05, 4.69) is 66.1 Å². The molecule has 0 atom stereocenters. The number of rotatable bonds is 5. The van der Waals surface area contributed by atoms with Gasteiger partial charge in [-0.2, -0.15) is 10.2 Å². The predicted octanol–water partition coefficient (Wildman–Crippen LogP) is 5.02. The molecule has 0 unspecified atom stereocenters. The van der Waals surface area contributed by atoms with Crippen LogP contribution in [0.4, 0.5) is 5.82 Å². The van der Waals surface area contributed by atoms with Gasteiger partial charge in [0.2, 0.25) is 0 Å². The first-order valence-electron chi connectivity index (χ1n) is 9.33. The predicted molar refractivity (Wildman–Crippen MR) is 115 cm³/mol. The van der Waals surface area contributed by atoms with Crippen LogP contribution < -0.4 is 5.32 Å². The molecule has 28 heavy (non-hydrogen) atoms. The van der Waals surface area contributed by atoms with Crippen LogP contribution >= 0.6 is 15.9 Å². The Balaban J connectivity index is 1.82. The van der Waals surface area contributed by atoms with Gasteiger partial charge in [0, 0.05) is 16.2 Å². The van der Waals surface area contributed by atoms with E-state index in [0.29, 0.717) is 18.1 Å². The average molecular weight is 444 g/mol. The number of hydrogen-bond acceptors (Lipinski definition) is 3. The molecular formula is C21H26BrN5O. The standard InChI is InChI=1S/C21H26BrN5O/c1-14(2)18-12-17(25-27(18)21(3,4)5)20(28)24-19-9-10-23-26(19)13-15-7-6-8-16(22)11-15/h6-12,14H,13H2,1-5H3,(H,24,28). The zero-order chi connectivity index (χ0) is 20.5. The van der Waals surface area contributed by atoms with Gasteiger partial charge in [-0.05, 0) is 50.5 Å². The Kier molecular flexibility index (Phi) is 5.74. The maximum atomic E-state index is 12.9. The number of anilines is 1. The van der Waals surface area contributed by atoms with Crippen LogP contribution in [0.15, 0.2) is 47.1 Å². The van der Waals surface area contributed by atoms with Crippen LogP contribution in [-0.4, -0.2) is 25.5 Å². The molecule has 2 heterocycles. The van der Waals surface area contributed by atoms with Crippen LogP contribution in [0, 0.1) is 0 Å². The highest BCUT2D eigenvalue weighted by atomic mass is 79.9. The Bertz CT molecular complexity index is 981. The molecule has 0 saturated carbocycles. The van der Waals surface area contributed by atoms with Gasteiger partial charge in [0.15, 0.2) is 5.69 Å². The third kappa shape index (κ3) is 4.52. The molecule has 0 spiro atoms. The smallest absolute Gasteiger partial charge is 0.277 e. The monoisotopic (exact) mass is 443 g/mol. The molecule has 6 nitrogen and oxygen atoms in total. The topological polar surface area (TPSA) is 64.7 Å². The van der Waals surface area contributed by atoms with Gasteiger partial charge in [0.05, 0.1) is 18.3 Å². The number of benzene rings is 1. The van der Waals surface area contributed by atoms with Crippen LogP contribution in [0.2, 0.25) is 0 Å². The molecule has 1 N–H and O–H groups in total. The summed E-state index contributed by atoms with van der Waals surface area (Å²) in [6.07, 6.45) is 1.68. The van der Waals surface area contributed by atoms with Crippen molar-refractivity contribution in [3.8, 4) is 0 Å². The summed E-state index contributed by atoms with van der Waals surface area (Å²) in [6, 6.07) is 11.7. The highest BCUT2D eigenvalue weighted by Gasteiger charge is 2.24. The number of nitrogens with zero attached hydrogens (tertiary/aromatic N) is 4. The fourth-order valence-corrected chi connectivity index (χ4v) is 3.46. The van der Waals surface area contributed by atoms with E-state index < -0.39 is 0 Å². The third-order valence-corrected chi connectivity index (χ3v) is 4.87. The van der Waals surface area contributed by atoms with Crippen molar-refractivity contribution in [1.82, 2.24) is 19.6 Å². The number of nitrogens with one attached hydrogen (secondary N) is 1. The highest BCUT2D eigenvalue weighted by molar-refractivity contribution is 9.10. The van der Waals surface area contributed by atoms with Crippen LogP contribution in [0.1, 0.15) is 62.3 Å². The molecule has 7 heteroatoms. The van der Waals surface area contributed by atoms with Crippen molar-refractivity contribution in [2.45, 2.75) is 52.6 Å². The zero-order valence-electron chi connectivity index (χ0n) is 16.9. The Labute approximate surface area is 174 Å². The SMILES string of the molecule is CC(C)c1cc(C(=O)Nc2ccnn2Cc2cccc(Br)c2)nn1C(C)(C)C. The first-order chi connectivity index (χ1) is 13.1. The Morgan fingerprint density at radius 3 is 2.57 bits per heavy atom. The molecule has 0 aliphatic carbocycles. The lowest BCUT2D eigenvalue weighted by atomic mass is 10.1. The van der Waals surface area contributed by atoms with E-state index in [1.54, 1.807) is 16.9 Å². The van der Waals surface area contributed by atoms with Crippen molar-refractivity contribution in [2.24, 2.45) is 0 Å². The zero-order valence-corrected chi connectivity index (χ0v) is 18.5. The third-order valence-electron chi connectivity index (χ3n) is 4.38. The van der Waals surface area contributed by atoms with E-state index >= 15 is 0 Å². The molecular weight excluding hydrogens is 418 g/mol. The number of amides is 1. The highest BCUT2D eigenvalue weighted by Crippen LogP contribution is 2.24. The average Bonchev–Trinajstić information content (AvgIpc) is 3.22. The van der Waals surface area contributed by atoms with Gasteiger partial charge in [-0.15, -0.1) is 0 Å². The second-order valence-corrected chi connectivity index (χ2v) is 9.07. The van der Waals surface area contributed by atoms with Gasteiger partial charge in [-0.1, -0.05) is 41.9 Å². The van der Waals surface area contributed by atoms with Gasteiger partial charge < -0.3 is 5.32 Å². The molecule has 1 amide bonds. The molecule has 1 aromatic carbocycles. The van der Waals surface area contributed by atoms with Crippen LogP contribution in [-0.2, 0) is 12.1 Å². The van der Waals surface area contributed by atoms with Gasteiger partial charge in [-0.3, -0.25) is 9.48 Å². The van der Waals surface area contributed by atoms with Crippen molar-refractivity contribution < 1.29 is 4.79 Å². The minimum Gasteiger partial charge on any atom is -0.305 e. The lowest BCUT2D eigenvalue weighted by Gasteiger charge is -2.23. The van der Waals surface area contributed by atoms with Crippen molar-refractivity contribution in [1.29, 1.82) is 0 Å². The normalized spacial score (nSPS) is 11.8.